The van der Waals surface area contributed by atoms with E-state index >= 15 is 0 Å². The van der Waals surface area contributed by atoms with Crippen molar-refractivity contribution in [3.63, 3.8) is 0 Å². The second-order valence-electron chi connectivity index (χ2n) is 5.22. The van der Waals surface area contributed by atoms with Gasteiger partial charge in [-0.15, -0.1) is 0 Å². The van der Waals surface area contributed by atoms with Gasteiger partial charge in [-0.1, -0.05) is 6.92 Å². The predicted molar refractivity (Wildman–Crippen MR) is 78.8 cm³/mol. The Morgan fingerprint density at radius 2 is 2.33 bits per heavy atom. The molecule has 7 nitrogen and oxygen atoms in total. The summed E-state index contributed by atoms with van der Waals surface area (Å²) in [6, 6.07) is 3.81. The first-order chi connectivity index (χ1) is 10.0. The number of carbonyl (C=O) groups is 1. The Balaban J connectivity index is 2.08. The molecule has 1 unspecified atom stereocenters. The lowest BCUT2D eigenvalue weighted by molar-refractivity contribution is -0.384. The van der Waals surface area contributed by atoms with Gasteiger partial charge in [0.1, 0.15) is 5.69 Å². The van der Waals surface area contributed by atoms with Crippen LogP contribution in [0.5, 0.6) is 0 Å². The number of benzene rings is 1. The highest BCUT2D eigenvalue weighted by Crippen LogP contribution is 2.26. The molecule has 7 heteroatoms. The van der Waals surface area contributed by atoms with E-state index in [2.05, 4.69) is 17.1 Å². The molecule has 0 amide bonds. The molecule has 114 valence electrons. The van der Waals surface area contributed by atoms with Crippen molar-refractivity contribution in [2.75, 3.05) is 31.5 Å². The molecule has 0 bridgehead atoms. The molecule has 1 atom stereocenters. The first-order valence-electron chi connectivity index (χ1n) is 6.99. The summed E-state index contributed by atoms with van der Waals surface area (Å²) in [5.74, 6) is -0.663. The van der Waals surface area contributed by atoms with E-state index in [9.17, 15) is 14.9 Å². The van der Waals surface area contributed by atoms with E-state index in [-0.39, 0.29) is 16.9 Å². The second-order valence-corrected chi connectivity index (χ2v) is 5.22. The number of nitrogens with one attached hydrogen (secondary N) is 1. The fourth-order valence-electron chi connectivity index (χ4n) is 2.59. The molecule has 1 saturated heterocycles. The predicted octanol–water partition coefficient (Wildman–Crippen LogP) is 2.05. The van der Waals surface area contributed by atoms with E-state index in [4.69, 9.17) is 5.11 Å². The maximum absolute atomic E-state index is 11.0. The number of hydrogen-bond donors (Lipinski definition) is 2. The summed E-state index contributed by atoms with van der Waals surface area (Å²) in [5.41, 5.74) is 0.227. The number of nitro groups is 1. The first-order valence-corrected chi connectivity index (χ1v) is 6.99. The largest absolute Gasteiger partial charge is 0.478 e. The maximum atomic E-state index is 11.0. The zero-order chi connectivity index (χ0) is 15.4. The highest BCUT2D eigenvalue weighted by molar-refractivity contribution is 5.90. The van der Waals surface area contributed by atoms with Crippen molar-refractivity contribution in [3.05, 3.63) is 33.9 Å². The quantitative estimate of drug-likeness (QED) is 0.615. The molecule has 0 saturated carbocycles. The third-order valence-electron chi connectivity index (χ3n) is 3.84. The summed E-state index contributed by atoms with van der Waals surface area (Å²) in [7, 11) is 0. The van der Waals surface area contributed by atoms with Gasteiger partial charge >= 0.3 is 5.97 Å². The van der Waals surface area contributed by atoms with Gasteiger partial charge in [0, 0.05) is 19.2 Å². The molecule has 2 N–H and O–H groups in total. The SMILES string of the molecule is CCN1CCC(CNc2cc(C(=O)O)ccc2[N+](=O)[O-])C1. The molecule has 1 aromatic carbocycles. The molecule has 1 fully saturated rings. The number of rotatable bonds is 6. The number of anilines is 1. The Kier molecular flexibility index (Phi) is 4.74. The fraction of sp³-hybridized carbons (Fsp3) is 0.500. The van der Waals surface area contributed by atoms with Crippen molar-refractivity contribution in [3.8, 4) is 0 Å². The Hall–Kier alpha value is -2.15. The number of hydrogen-bond acceptors (Lipinski definition) is 5. The average molecular weight is 293 g/mol. The number of carboxylic acid groups (broad SMARTS) is 1. The van der Waals surface area contributed by atoms with Crippen LogP contribution in [0.1, 0.15) is 23.7 Å². The van der Waals surface area contributed by atoms with E-state index in [1.54, 1.807) is 0 Å². The number of carboxylic acids is 1. The second kappa shape index (κ2) is 6.53. The van der Waals surface area contributed by atoms with Gasteiger partial charge in [-0.2, -0.15) is 0 Å². The Labute approximate surface area is 122 Å². The number of nitro benzene ring substituents is 1. The summed E-state index contributed by atoms with van der Waals surface area (Å²) in [5, 5.41) is 23.0. The average Bonchev–Trinajstić information content (AvgIpc) is 2.92. The van der Waals surface area contributed by atoms with Gasteiger partial charge < -0.3 is 15.3 Å². The molecule has 2 rings (SSSR count). The zero-order valence-electron chi connectivity index (χ0n) is 11.9. The number of likely N-dealkylation sites (tertiary alicyclic amines) is 1. The number of aromatic carboxylic acids is 1. The smallest absolute Gasteiger partial charge is 0.335 e. The Morgan fingerprint density at radius 3 is 2.90 bits per heavy atom. The van der Waals surface area contributed by atoms with Gasteiger partial charge in [-0.05, 0) is 37.6 Å². The van der Waals surface area contributed by atoms with Gasteiger partial charge in [0.05, 0.1) is 10.5 Å². The minimum absolute atomic E-state index is 0.0460. The van der Waals surface area contributed by atoms with Crippen LogP contribution in [0.3, 0.4) is 0 Å². The summed E-state index contributed by atoms with van der Waals surface area (Å²) >= 11 is 0. The minimum atomic E-state index is -1.09. The topological polar surface area (TPSA) is 95.7 Å². The van der Waals surface area contributed by atoms with Crippen molar-refractivity contribution in [2.24, 2.45) is 5.92 Å². The molecule has 21 heavy (non-hydrogen) atoms. The maximum Gasteiger partial charge on any atom is 0.335 e. The molecule has 1 heterocycles. The highest BCUT2D eigenvalue weighted by atomic mass is 16.6. The van der Waals surface area contributed by atoms with E-state index in [0.717, 1.165) is 26.1 Å². The van der Waals surface area contributed by atoms with Crippen LogP contribution < -0.4 is 5.32 Å². The lowest BCUT2D eigenvalue weighted by Crippen LogP contribution is -2.22. The van der Waals surface area contributed by atoms with E-state index < -0.39 is 10.9 Å². The van der Waals surface area contributed by atoms with Crippen LogP contribution in [0.25, 0.3) is 0 Å². The standard InChI is InChI=1S/C14H19N3O4/c1-2-16-6-5-10(9-16)8-15-12-7-11(14(18)19)3-4-13(12)17(20)21/h3-4,7,10,15H,2,5-6,8-9H2,1H3,(H,18,19). The van der Waals surface area contributed by atoms with Crippen molar-refractivity contribution in [2.45, 2.75) is 13.3 Å². The molecule has 0 radical (unpaired) electrons. The van der Waals surface area contributed by atoms with Crippen LogP contribution in [-0.4, -0.2) is 47.1 Å². The van der Waals surface area contributed by atoms with Crippen LogP contribution in [0, 0.1) is 16.0 Å². The van der Waals surface area contributed by atoms with E-state index in [0.29, 0.717) is 12.5 Å². The summed E-state index contributed by atoms with van der Waals surface area (Å²) < 4.78 is 0. The summed E-state index contributed by atoms with van der Waals surface area (Å²) in [6.45, 7) is 5.73. The van der Waals surface area contributed by atoms with Crippen LogP contribution in [0.15, 0.2) is 18.2 Å². The van der Waals surface area contributed by atoms with Crippen LogP contribution in [0.4, 0.5) is 11.4 Å². The molecule has 0 aliphatic carbocycles. The molecule has 1 aromatic rings. The first kappa shape index (κ1) is 15.2. The van der Waals surface area contributed by atoms with Crippen molar-refractivity contribution in [1.29, 1.82) is 0 Å². The van der Waals surface area contributed by atoms with E-state index in [1.165, 1.54) is 18.2 Å². The van der Waals surface area contributed by atoms with Crippen LogP contribution in [-0.2, 0) is 0 Å². The van der Waals surface area contributed by atoms with Crippen molar-refractivity contribution in [1.82, 2.24) is 4.90 Å². The lowest BCUT2D eigenvalue weighted by Gasteiger charge is -2.14. The third kappa shape index (κ3) is 3.69. The van der Waals surface area contributed by atoms with Crippen molar-refractivity contribution < 1.29 is 14.8 Å². The molecule has 0 aromatic heterocycles. The van der Waals surface area contributed by atoms with Gasteiger partial charge in [0.2, 0.25) is 0 Å². The molecule has 1 aliphatic heterocycles. The Bertz CT molecular complexity index is 547. The molecular weight excluding hydrogens is 274 g/mol. The third-order valence-corrected chi connectivity index (χ3v) is 3.84. The lowest BCUT2D eigenvalue weighted by atomic mass is 10.1. The molecule has 1 aliphatic rings. The van der Waals surface area contributed by atoms with Gasteiger partial charge in [0.25, 0.3) is 5.69 Å². The zero-order valence-corrected chi connectivity index (χ0v) is 11.9. The molecular formula is C14H19N3O4. The molecule has 0 spiro atoms. The summed E-state index contributed by atoms with van der Waals surface area (Å²) in [4.78, 5) is 23.8. The van der Waals surface area contributed by atoms with Gasteiger partial charge in [0.15, 0.2) is 0 Å². The van der Waals surface area contributed by atoms with Gasteiger partial charge in [-0.25, -0.2) is 4.79 Å². The highest BCUT2D eigenvalue weighted by Gasteiger charge is 2.22. The number of nitrogens with zero attached hydrogens (tertiary/aromatic N) is 2. The normalized spacial score (nSPS) is 18.6. The monoisotopic (exact) mass is 293 g/mol. The van der Waals surface area contributed by atoms with E-state index in [1.807, 2.05) is 0 Å². The fourth-order valence-corrected chi connectivity index (χ4v) is 2.59. The summed E-state index contributed by atoms with van der Waals surface area (Å²) in [6.07, 6.45) is 1.05. The Morgan fingerprint density at radius 1 is 1.57 bits per heavy atom. The minimum Gasteiger partial charge on any atom is -0.478 e. The van der Waals surface area contributed by atoms with Gasteiger partial charge in [-0.3, -0.25) is 10.1 Å². The van der Waals surface area contributed by atoms with Crippen molar-refractivity contribution >= 4 is 17.3 Å². The van der Waals surface area contributed by atoms with Crippen LogP contribution >= 0.6 is 0 Å². The van der Waals surface area contributed by atoms with Crippen LogP contribution in [0.2, 0.25) is 0 Å².